The van der Waals surface area contributed by atoms with Gasteiger partial charge in [0.15, 0.2) is 11.6 Å². The van der Waals surface area contributed by atoms with Crippen molar-refractivity contribution in [1.82, 2.24) is 5.32 Å². The highest BCUT2D eigenvalue weighted by molar-refractivity contribution is 5.96. The Morgan fingerprint density at radius 3 is 2.56 bits per heavy atom. The van der Waals surface area contributed by atoms with E-state index < -0.39 is 41.7 Å². The predicted molar refractivity (Wildman–Crippen MR) is 57.0 cm³/mol. The fourth-order valence-corrected chi connectivity index (χ4v) is 1.30. The highest BCUT2D eigenvalue weighted by Gasteiger charge is 2.22. The molecule has 0 aromatic heterocycles. The number of hydrogen-bond donors (Lipinski definition) is 3. The highest BCUT2D eigenvalue weighted by Crippen LogP contribution is 2.11. The average molecular weight is 259 g/mol. The lowest BCUT2D eigenvalue weighted by atomic mass is 10.1. The van der Waals surface area contributed by atoms with Crippen LogP contribution in [-0.2, 0) is 4.79 Å². The Hall–Kier alpha value is -2.02. The molecule has 0 aliphatic heterocycles. The van der Waals surface area contributed by atoms with E-state index in [0.717, 1.165) is 18.2 Å². The summed E-state index contributed by atoms with van der Waals surface area (Å²) >= 11 is 0. The average Bonchev–Trinajstić information content (AvgIpc) is 2.31. The number of carboxylic acids is 1. The lowest BCUT2D eigenvalue weighted by Gasteiger charge is -2.13. The molecular weight excluding hydrogens is 248 g/mol. The van der Waals surface area contributed by atoms with Crippen LogP contribution in [0.4, 0.5) is 8.78 Å². The molecule has 0 aliphatic carbocycles. The molecule has 1 aromatic carbocycles. The third kappa shape index (κ3) is 3.24. The highest BCUT2D eigenvalue weighted by atomic mass is 19.2. The van der Waals surface area contributed by atoms with Gasteiger partial charge in [-0.2, -0.15) is 0 Å². The summed E-state index contributed by atoms with van der Waals surface area (Å²) < 4.78 is 26.1. The van der Waals surface area contributed by atoms with Gasteiger partial charge in [-0.1, -0.05) is 6.07 Å². The van der Waals surface area contributed by atoms with E-state index in [1.54, 1.807) is 0 Å². The van der Waals surface area contributed by atoms with E-state index >= 15 is 0 Å². The number of carbonyl (C=O) groups excluding carboxylic acids is 1. The van der Waals surface area contributed by atoms with Crippen molar-refractivity contribution in [3.63, 3.8) is 0 Å². The largest absolute Gasteiger partial charge is 0.480 e. The van der Waals surface area contributed by atoms with E-state index in [9.17, 15) is 18.4 Å². The summed E-state index contributed by atoms with van der Waals surface area (Å²) in [7, 11) is 0. The van der Waals surface area contributed by atoms with E-state index in [0.29, 0.717) is 0 Å². The fourth-order valence-electron chi connectivity index (χ4n) is 1.30. The van der Waals surface area contributed by atoms with Crippen molar-refractivity contribution in [1.29, 1.82) is 0 Å². The number of carboxylic acid groups (broad SMARTS) is 1. The zero-order valence-corrected chi connectivity index (χ0v) is 9.19. The molecule has 3 N–H and O–H groups in total. The minimum atomic E-state index is -1.37. The molecule has 0 aliphatic rings. The normalized spacial score (nSPS) is 11.9. The van der Waals surface area contributed by atoms with Crippen LogP contribution in [0.2, 0.25) is 0 Å². The molecule has 0 bridgehead atoms. The number of aliphatic hydroxyl groups is 1. The second-order valence-electron chi connectivity index (χ2n) is 3.48. The Morgan fingerprint density at radius 1 is 1.33 bits per heavy atom. The van der Waals surface area contributed by atoms with Gasteiger partial charge in [-0.25, -0.2) is 13.6 Å². The molecule has 7 heteroatoms. The fraction of sp³-hybridized carbons (Fsp3) is 0.273. The van der Waals surface area contributed by atoms with E-state index in [2.05, 4.69) is 0 Å². The maximum absolute atomic E-state index is 13.3. The molecule has 0 saturated heterocycles. The summed E-state index contributed by atoms with van der Waals surface area (Å²) in [5, 5.41) is 19.3. The van der Waals surface area contributed by atoms with Crippen molar-refractivity contribution in [2.75, 3.05) is 6.61 Å². The van der Waals surface area contributed by atoms with Crippen LogP contribution in [-0.4, -0.2) is 34.7 Å². The molecule has 18 heavy (non-hydrogen) atoms. The molecule has 0 radical (unpaired) electrons. The topological polar surface area (TPSA) is 86.6 Å². The maximum Gasteiger partial charge on any atom is 0.326 e. The van der Waals surface area contributed by atoms with Crippen molar-refractivity contribution < 1.29 is 28.6 Å². The van der Waals surface area contributed by atoms with Crippen LogP contribution in [0.1, 0.15) is 16.8 Å². The standard InChI is InChI=1S/C11H11F2NO4/c12-7-3-1-2-6(9(7)13)10(16)14-8(4-5-15)11(17)18/h1-3,8,15H,4-5H2,(H,14,16)(H,17,18)/t8-/m1/s1. The summed E-state index contributed by atoms with van der Waals surface area (Å²) in [5.41, 5.74) is -0.584. The SMILES string of the molecule is O=C(N[C@H](CCO)C(=O)O)c1cccc(F)c1F. The van der Waals surface area contributed by atoms with E-state index in [-0.39, 0.29) is 6.42 Å². The smallest absolute Gasteiger partial charge is 0.326 e. The number of aliphatic hydroxyl groups excluding tert-OH is 1. The maximum atomic E-state index is 13.3. The van der Waals surface area contributed by atoms with Crippen molar-refractivity contribution in [3.05, 3.63) is 35.4 Å². The number of carbonyl (C=O) groups is 2. The van der Waals surface area contributed by atoms with Gasteiger partial charge >= 0.3 is 5.97 Å². The van der Waals surface area contributed by atoms with Gasteiger partial charge in [-0.05, 0) is 12.1 Å². The lowest BCUT2D eigenvalue weighted by molar-refractivity contribution is -0.139. The Labute approximate surface area is 101 Å². The molecule has 1 aromatic rings. The summed E-state index contributed by atoms with van der Waals surface area (Å²) in [6.45, 7) is -0.455. The molecule has 0 saturated carbocycles. The number of amides is 1. The monoisotopic (exact) mass is 259 g/mol. The number of halogens is 2. The minimum Gasteiger partial charge on any atom is -0.480 e. The quantitative estimate of drug-likeness (QED) is 0.720. The Morgan fingerprint density at radius 2 is 2.00 bits per heavy atom. The second-order valence-corrected chi connectivity index (χ2v) is 3.48. The first-order chi connectivity index (χ1) is 8.47. The van der Waals surface area contributed by atoms with Crippen molar-refractivity contribution in [3.8, 4) is 0 Å². The third-order valence-electron chi connectivity index (χ3n) is 2.22. The second kappa shape index (κ2) is 6.06. The summed E-state index contributed by atoms with van der Waals surface area (Å²) in [6.07, 6.45) is -0.224. The number of nitrogens with one attached hydrogen (secondary N) is 1. The Balaban J connectivity index is 2.87. The van der Waals surface area contributed by atoms with Crippen molar-refractivity contribution in [2.24, 2.45) is 0 Å². The predicted octanol–water partition coefficient (Wildman–Crippen LogP) is 0.530. The van der Waals surface area contributed by atoms with E-state index in [1.165, 1.54) is 0 Å². The lowest BCUT2D eigenvalue weighted by Crippen LogP contribution is -2.41. The van der Waals surface area contributed by atoms with Gasteiger partial charge < -0.3 is 15.5 Å². The van der Waals surface area contributed by atoms with Crippen LogP contribution < -0.4 is 5.32 Å². The molecule has 1 atom stereocenters. The van der Waals surface area contributed by atoms with Gasteiger partial charge in [0, 0.05) is 13.0 Å². The number of aliphatic carboxylic acids is 1. The number of benzene rings is 1. The van der Waals surface area contributed by atoms with Gasteiger partial charge in [-0.15, -0.1) is 0 Å². The van der Waals surface area contributed by atoms with Crippen LogP contribution in [0.15, 0.2) is 18.2 Å². The van der Waals surface area contributed by atoms with Crippen LogP contribution >= 0.6 is 0 Å². The van der Waals surface area contributed by atoms with Crippen LogP contribution in [0.25, 0.3) is 0 Å². The summed E-state index contributed by atoms with van der Waals surface area (Å²) in [6, 6.07) is 1.65. The van der Waals surface area contributed by atoms with Crippen LogP contribution in [0, 0.1) is 11.6 Å². The minimum absolute atomic E-state index is 0.224. The first-order valence-electron chi connectivity index (χ1n) is 5.06. The zero-order chi connectivity index (χ0) is 13.7. The molecule has 0 heterocycles. The van der Waals surface area contributed by atoms with Crippen LogP contribution in [0.3, 0.4) is 0 Å². The van der Waals surface area contributed by atoms with Gasteiger partial charge in [-0.3, -0.25) is 4.79 Å². The Bertz CT molecular complexity index is 464. The first-order valence-corrected chi connectivity index (χ1v) is 5.06. The van der Waals surface area contributed by atoms with Gasteiger partial charge in [0.05, 0.1) is 5.56 Å². The number of hydrogen-bond acceptors (Lipinski definition) is 3. The molecule has 0 fully saturated rings. The summed E-state index contributed by atoms with van der Waals surface area (Å²) in [5.74, 6) is -4.96. The van der Waals surface area contributed by atoms with Gasteiger partial charge in [0.2, 0.25) is 0 Å². The van der Waals surface area contributed by atoms with Gasteiger partial charge in [0.25, 0.3) is 5.91 Å². The zero-order valence-electron chi connectivity index (χ0n) is 9.19. The summed E-state index contributed by atoms with van der Waals surface area (Å²) in [4.78, 5) is 22.3. The molecule has 1 rings (SSSR count). The Kier molecular flexibility index (Phi) is 4.73. The molecule has 5 nitrogen and oxygen atoms in total. The molecule has 0 spiro atoms. The molecule has 1 amide bonds. The van der Waals surface area contributed by atoms with Crippen LogP contribution in [0.5, 0.6) is 0 Å². The molecular formula is C11H11F2NO4. The van der Waals surface area contributed by atoms with E-state index in [1.807, 2.05) is 5.32 Å². The molecule has 0 unspecified atom stereocenters. The molecule has 98 valence electrons. The first kappa shape index (κ1) is 14.0. The van der Waals surface area contributed by atoms with Gasteiger partial charge in [0.1, 0.15) is 6.04 Å². The van der Waals surface area contributed by atoms with Crippen molar-refractivity contribution >= 4 is 11.9 Å². The number of rotatable bonds is 5. The third-order valence-corrected chi connectivity index (χ3v) is 2.22. The van der Waals surface area contributed by atoms with E-state index in [4.69, 9.17) is 10.2 Å². The van der Waals surface area contributed by atoms with Crippen molar-refractivity contribution in [2.45, 2.75) is 12.5 Å².